The Morgan fingerprint density at radius 1 is 0.818 bits per heavy atom. The molecule has 2 aromatic rings. The van der Waals surface area contributed by atoms with Crippen LogP contribution >= 0.6 is 0 Å². The number of aromatic nitrogens is 1. The number of hydrogen-bond donors (Lipinski definition) is 0. The van der Waals surface area contributed by atoms with Crippen LogP contribution in [0, 0.1) is 23.5 Å². The van der Waals surface area contributed by atoms with Crippen molar-refractivity contribution in [1.82, 2.24) is 4.98 Å². The first kappa shape index (κ1) is 16.1. The molecule has 0 aliphatic heterocycles. The SMILES string of the molecule is CN(CCN(C)c1c(F)c(F)nc(F)c1F)c1ccccc1. The summed E-state index contributed by atoms with van der Waals surface area (Å²) in [5, 5.41) is 0. The molecular weight excluding hydrogens is 298 g/mol. The van der Waals surface area contributed by atoms with Crippen molar-refractivity contribution in [3.05, 3.63) is 53.9 Å². The predicted octanol–water partition coefficient (Wildman–Crippen LogP) is 3.21. The molecule has 1 aromatic carbocycles. The second kappa shape index (κ2) is 6.64. The molecule has 0 aliphatic rings. The van der Waals surface area contributed by atoms with Gasteiger partial charge in [-0.05, 0) is 12.1 Å². The Bertz CT molecular complexity index is 623. The first-order chi connectivity index (χ1) is 10.4. The highest BCUT2D eigenvalue weighted by atomic mass is 19.2. The molecular formula is C15H15F4N3. The number of halogens is 4. The van der Waals surface area contributed by atoms with Crippen LogP contribution < -0.4 is 9.80 Å². The van der Waals surface area contributed by atoms with Crippen molar-refractivity contribution in [2.24, 2.45) is 0 Å². The molecule has 0 aliphatic carbocycles. The van der Waals surface area contributed by atoms with Crippen LogP contribution in [0.2, 0.25) is 0 Å². The molecule has 1 aromatic heterocycles. The van der Waals surface area contributed by atoms with Crippen LogP contribution in [0.1, 0.15) is 0 Å². The number of pyridine rings is 1. The van der Waals surface area contributed by atoms with Gasteiger partial charge in [-0.15, -0.1) is 0 Å². The van der Waals surface area contributed by atoms with E-state index in [1.54, 1.807) is 0 Å². The summed E-state index contributed by atoms with van der Waals surface area (Å²) in [5.41, 5.74) is 0.162. The molecule has 3 nitrogen and oxygen atoms in total. The highest BCUT2D eigenvalue weighted by Gasteiger charge is 2.23. The highest BCUT2D eigenvalue weighted by Crippen LogP contribution is 2.25. The molecule has 0 atom stereocenters. The summed E-state index contributed by atoms with van der Waals surface area (Å²) in [7, 11) is 3.17. The van der Waals surface area contributed by atoms with E-state index in [1.165, 1.54) is 7.05 Å². The lowest BCUT2D eigenvalue weighted by Gasteiger charge is -2.25. The molecule has 0 saturated carbocycles. The van der Waals surface area contributed by atoms with Crippen LogP contribution in [0.25, 0.3) is 0 Å². The van der Waals surface area contributed by atoms with Gasteiger partial charge in [-0.25, -0.2) is 0 Å². The van der Waals surface area contributed by atoms with Crippen molar-refractivity contribution in [3.63, 3.8) is 0 Å². The second-order valence-electron chi connectivity index (χ2n) is 4.85. The number of benzene rings is 1. The van der Waals surface area contributed by atoms with E-state index >= 15 is 0 Å². The van der Waals surface area contributed by atoms with Gasteiger partial charge in [0, 0.05) is 32.9 Å². The van der Waals surface area contributed by atoms with Gasteiger partial charge >= 0.3 is 0 Å². The van der Waals surface area contributed by atoms with Gasteiger partial charge < -0.3 is 9.80 Å². The van der Waals surface area contributed by atoms with E-state index in [-0.39, 0.29) is 6.54 Å². The third kappa shape index (κ3) is 3.29. The Morgan fingerprint density at radius 2 is 1.32 bits per heavy atom. The molecule has 0 spiro atoms. The average Bonchev–Trinajstić information content (AvgIpc) is 2.51. The average molecular weight is 313 g/mol. The summed E-state index contributed by atoms with van der Waals surface area (Å²) in [6.07, 6.45) is 0. The standard InChI is InChI=1S/C15H15F4N3/c1-21(10-6-4-3-5-7-10)8-9-22(2)13-11(16)14(18)20-15(19)12(13)17/h3-7H,8-9H2,1-2H3. The third-order valence-electron chi connectivity index (χ3n) is 3.32. The van der Waals surface area contributed by atoms with E-state index in [1.807, 2.05) is 42.3 Å². The zero-order chi connectivity index (χ0) is 16.3. The quantitative estimate of drug-likeness (QED) is 0.624. The molecule has 2 rings (SSSR count). The van der Waals surface area contributed by atoms with Crippen molar-refractivity contribution in [3.8, 4) is 0 Å². The number of anilines is 2. The molecule has 0 radical (unpaired) electrons. The summed E-state index contributed by atoms with van der Waals surface area (Å²) in [6, 6.07) is 9.36. The Morgan fingerprint density at radius 3 is 1.86 bits per heavy atom. The van der Waals surface area contributed by atoms with Gasteiger partial charge in [0.05, 0.1) is 0 Å². The van der Waals surface area contributed by atoms with Gasteiger partial charge in [0.25, 0.3) is 11.9 Å². The topological polar surface area (TPSA) is 19.4 Å². The number of hydrogen-bond acceptors (Lipinski definition) is 3. The maximum absolute atomic E-state index is 13.6. The zero-order valence-corrected chi connectivity index (χ0v) is 12.2. The fourth-order valence-electron chi connectivity index (χ4n) is 2.03. The summed E-state index contributed by atoms with van der Waals surface area (Å²) in [6.45, 7) is 0.576. The number of likely N-dealkylation sites (N-methyl/N-ethyl adjacent to an activating group) is 2. The van der Waals surface area contributed by atoms with Crippen LogP contribution in [-0.2, 0) is 0 Å². The molecule has 0 fully saturated rings. The lowest BCUT2D eigenvalue weighted by atomic mass is 10.3. The van der Waals surface area contributed by atoms with Gasteiger partial charge in [0.15, 0.2) is 0 Å². The monoisotopic (exact) mass is 313 g/mol. The van der Waals surface area contributed by atoms with E-state index in [2.05, 4.69) is 4.98 Å². The molecule has 1 heterocycles. The number of para-hydroxylation sites is 1. The zero-order valence-electron chi connectivity index (χ0n) is 12.2. The molecule has 22 heavy (non-hydrogen) atoms. The fraction of sp³-hybridized carbons (Fsp3) is 0.267. The van der Waals surface area contributed by atoms with Crippen LogP contribution in [0.4, 0.5) is 28.9 Å². The highest BCUT2D eigenvalue weighted by molar-refractivity contribution is 5.49. The summed E-state index contributed by atoms with van der Waals surface area (Å²) < 4.78 is 53.5. The van der Waals surface area contributed by atoms with E-state index in [9.17, 15) is 17.6 Å². The van der Waals surface area contributed by atoms with E-state index in [4.69, 9.17) is 0 Å². The molecule has 7 heteroatoms. The van der Waals surface area contributed by atoms with Crippen LogP contribution in [0.15, 0.2) is 30.3 Å². The van der Waals surface area contributed by atoms with Crippen molar-refractivity contribution in [2.75, 3.05) is 37.0 Å². The molecule has 0 amide bonds. The van der Waals surface area contributed by atoms with Gasteiger partial charge in [-0.1, -0.05) is 18.2 Å². The van der Waals surface area contributed by atoms with Crippen LogP contribution in [0.5, 0.6) is 0 Å². The van der Waals surface area contributed by atoms with Gasteiger partial charge in [-0.2, -0.15) is 22.5 Å². The van der Waals surface area contributed by atoms with E-state index < -0.39 is 29.2 Å². The Kier molecular flexibility index (Phi) is 4.85. The van der Waals surface area contributed by atoms with Crippen LogP contribution in [-0.4, -0.2) is 32.2 Å². The second-order valence-corrected chi connectivity index (χ2v) is 4.85. The van der Waals surface area contributed by atoms with E-state index in [0.717, 1.165) is 10.6 Å². The van der Waals surface area contributed by atoms with Crippen LogP contribution in [0.3, 0.4) is 0 Å². The summed E-state index contributed by atoms with van der Waals surface area (Å²) in [4.78, 5) is 5.52. The third-order valence-corrected chi connectivity index (χ3v) is 3.32. The molecule has 0 saturated heterocycles. The maximum Gasteiger partial charge on any atom is 0.253 e. The lowest BCUT2D eigenvalue weighted by molar-refractivity contribution is 0.407. The van der Waals surface area contributed by atoms with Gasteiger partial charge in [-0.3, -0.25) is 0 Å². The number of rotatable bonds is 5. The largest absolute Gasteiger partial charge is 0.373 e. The van der Waals surface area contributed by atoms with Crippen molar-refractivity contribution in [2.45, 2.75) is 0 Å². The minimum absolute atomic E-state index is 0.169. The maximum atomic E-state index is 13.6. The first-order valence-corrected chi connectivity index (χ1v) is 6.59. The molecule has 118 valence electrons. The van der Waals surface area contributed by atoms with Gasteiger partial charge in [0.1, 0.15) is 5.69 Å². The summed E-state index contributed by atoms with van der Waals surface area (Å²) in [5.74, 6) is -6.30. The predicted molar refractivity (Wildman–Crippen MR) is 77.1 cm³/mol. The van der Waals surface area contributed by atoms with Gasteiger partial charge in [0.2, 0.25) is 11.6 Å². The Balaban J connectivity index is 2.12. The molecule has 0 unspecified atom stereocenters. The molecule has 0 bridgehead atoms. The fourth-order valence-corrected chi connectivity index (χ4v) is 2.03. The normalized spacial score (nSPS) is 10.6. The minimum atomic E-state index is -1.66. The lowest BCUT2D eigenvalue weighted by Crippen LogP contribution is -2.32. The first-order valence-electron chi connectivity index (χ1n) is 6.59. The van der Waals surface area contributed by atoms with Crippen molar-refractivity contribution in [1.29, 1.82) is 0 Å². The molecule has 0 N–H and O–H groups in total. The Labute approximate surface area is 125 Å². The van der Waals surface area contributed by atoms with E-state index in [0.29, 0.717) is 6.54 Å². The summed E-state index contributed by atoms with van der Waals surface area (Å²) >= 11 is 0. The minimum Gasteiger partial charge on any atom is -0.373 e. The van der Waals surface area contributed by atoms with Crippen molar-refractivity contribution >= 4 is 11.4 Å². The Hall–Kier alpha value is -2.31. The number of nitrogens with zero attached hydrogens (tertiary/aromatic N) is 3. The van der Waals surface area contributed by atoms with Crippen molar-refractivity contribution < 1.29 is 17.6 Å². The smallest absolute Gasteiger partial charge is 0.253 e.